The lowest BCUT2D eigenvalue weighted by molar-refractivity contribution is -0.119. The van der Waals surface area contributed by atoms with Crippen molar-refractivity contribution >= 4 is 23.6 Å². The number of nitrogens with one attached hydrogen (secondary N) is 1. The number of carbonyl (C=O) groups excluding carboxylic acids is 2. The molecule has 0 bridgehead atoms. The Balaban J connectivity index is 1.58. The van der Waals surface area contributed by atoms with Gasteiger partial charge in [0.25, 0.3) is 5.91 Å². The molecule has 1 N–H and O–H groups in total. The van der Waals surface area contributed by atoms with Crippen molar-refractivity contribution in [1.29, 1.82) is 0 Å². The highest BCUT2D eigenvalue weighted by Gasteiger charge is 2.20. The maximum atomic E-state index is 13.1. The van der Waals surface area contributed by atoms with Gasteiger partial charge in [0.05, 0.1) is 17.9 Å². The minimum absolute atomic E-state index is 0.0424. The van der Waals surface area contributed by atoms with Crippen LogP contribution in [0.15, 0.2) is 29.2 Å². The van der Waals surface area contributed by atoms with Crippen molar-refractivity contribution in [2.45, 2.75) is 69.4 Å². The molecule has 3 rings (SSSR count). The smallest absolute Gasteiger partial charge is 0.255 e. The van der Waals surface area contributed by atoms with Gasteiger partial charge in [-0.2, -0.15) is 0 Å². The third-order valence-electron chi connectivity index (χ3n) is 5.85. The third kappa shape index (κ3) is 6.56. The Morgan fingerprint density at radius 3 is 2.48 bits per heavy atom. The highest BCUT2D eigenvalue weighted by Crippen LogP contribution is 2.24. The van der Waals surface area contributed by atoms with Gasteiger partial charge in [-0.15, -0.1) is 22.0 Å². The van der Waals surface area contributed by atoms with Crippen molar-refractivity contribution in [2.75, 3.05) is 12.8 Å². The molecule has 1 aliphatic carbocycles. The fourth-order valence-corrected chi connectivity index (χ4v) is 4.72. The molecule has 31 heavy (non-hydrogen) atoms. The first kappa shape index (κ1) is 23.3. The minimum Gasteiger partial charge on any atom is -0.353 e. The number of carbonyl (C=O) groups is 2. The van der Waals surface area contributed by atoms with Gasteiger partial charge in [0, 0.05) is 25.0 Å². The summed E-state index contributed by atoms with van der Waals surface area (Å²) in [6.07, 6.45) is 8.34. The molecule has 1 aliphatic rings. The van der Waals surface area contributed by atoms with E-state index in [1.54, 1.807) is 11.9 Å². The predicted octanol–water partition coefficient (Wildman–Crippen LogP) is 3.72. The first-order chi connectivity index (χ1) is 15.0. The van der Waals surface area contributed by atoms with Crippen LogP contribution in [0.5, 0.6) is 0 Å². The van der Waals surface area contributed by atoms with Crippen LogP contribution in [0.25, 0.3) is 0 Å². The minimum atomic E-state index is -0.0934. The molecule has 1 saturated carbocycles. The van der Waals surface area contributed by atoms with Crippen LogP contribution >= 0.6 is 11.8 Å². The summed E-state index contributed by atoms with van der Waals surface area (Å²) in [5.74, 6) is 1.80. The van der Waals surface area contributed by atoms with E-state index in [9.17, 15) is 9.59 Å². The lowest BCUT2D eigenvalue weighted by Crippen LogP contribution is -2.36. The summed E-state index contributed by atoms with van der Waals surface area (Å²) in [5, 5.41) is 11.4. The number of amides is 2. The van der Waals surface area contributed by atoms with Crippen molar-refractivity contribution in [2.24, 2.45) is 7.05 Å². The number of hydrogen-bond donors (Lipinski definition) is 1. The summed E-state index contributed by atoms with van der Waals surface area (Å²) in [6, 6.07) is 7.76. The van der Waals surface area contributed by atoms with E-state index in [2.05, 4.69) is 15.5 Å². The van der Waals surface area contributed by atoms with Crippen LogP contribution in [-0.2, 0) is 18.4 Å². The zero-order valence-electron chi connectivity index (χ0n) is 18.8. The van der Waals surface area contributed by atoms with E-state index < -0.39 is 0 Å². The maximum absolute atomic E-state index is 13.1. The number of aromatic nitrogens is 3. The Labute approximate surface area is 189 Å². The van der Waals surface area contributed by atoms with E-state index >= 15 is 0 Å². The fraction of sp³-hybridized carbons (Fsp3) is 0.565. The molecule has 0 radical (unpaired) electrons. The van der Waals surface area contributed by atoms with E-state index in [4.69, 9.17) is 0 Å². The van der Waals surface area contributed by atoms with Gasteiger partial charge in [-0.1, -0.05) is 44.2 Å². The molecule has 0 atom stereocenters. The van der Waals surface area contributed by atoms with Gasteiger partial charge in [-0.25, -0.2) is 0 Å². The van der Waals surface area contributed by atoms with Crippen LogP contribution in [-0.4, -0.2) is 50.3 Å². The van der Waals surface area contributed by atoms with Crippen molar-refractivity contribution < 1.29 is 9.59 Å². The van der Waals surface area contributed by atoms with Crippen LogP contribution in [0.3, 0.4) is 0 Å². The summed E-state index contributed by atoms with van der Waals surface area (Å²) in [5.41, 5.74) is 0.604. The van der Waals surface area contributed by atoms with Crippen LogP contribution < -0.4 is 5.32 Å². The normalized spacial score (nSPS) is 15.2. The second-order valence-electron chi connectivity index (χ2n) is 8.28. The zero-order chi connectivity index (χ0) is 22.2. The molecule has 0 saturated heterocycles. The van der Waals surface area contributed by atoms with Gasteiger partial charge in [0.1, 0.15) is 5.82 Å². The summed E-state index contributed by atoms with van der Waals surface area (Å²) in [6.45, 7) is 2.25. The summed E-state index contributed by atoms with van der Waals surface area (Å²) < 4.78 is 1.88. The number of hydrogen-bond acceptors (Lipinski definition) is 5. The average molecular weight is 444 g/mol. The molecule has 1 aromatic carbocycles. The monoisotopic (exact) mass is 443 g/mol. The first-order valence-electron chi connectivity index (χ1n) is 11.1. The van der Waals surface area contributed by atoms with Gasteiger partial charge in [0.15, 0.2) is 5.82 Å². The van der Waals surface area contributed by atoms with Crippen LogP contribution in [0.1, 0.15) is 67.0 Å². The zero-order valence-corrected chi connectivity index (χ0v) is 19.6. The molecule has 0 unspecified atom stereocenters. The molecule has 1 fully saturated rings. The Morgan fingerprint density at radius 1 is 1.13 bits per heavy atom. The van der Waals surface area contributed by atoms with Crippen molar-refractivity contribution in [3.63, 3.8) is 0 Å². The maximum Gasteiger partial charge on any atom is 0.255 e. The number of benzene rings is 1. The highest BCUT2D eigenvalue weighted by atomic mass is 32.2. The van der Waals surface area contributed by atoms with E-state index in [0.29, 0.717) is 17.9 Å². The van der Waals surface area contributed by atoms with Crippen molar-refractivity contribution in [3.8, 4) is 0 Å². The Kier molecular flexibility index (Phi) is 8.51. The van der Waals surface area contributed by atoms with E-state index in [0.717, 1.165) is 29.4 Å². The molecule has 8 heteroatoms. The van der Waals surface area contributed by atoms with Crippen LogP contribution in [0.2, 0.25) is 0 Å². The van der Waals surface area contributed by atoms with Gasteiger partial charge in [-0.3, -0.25) is 9.59 Å². The van der Waals surface area contributed by atoms with Crippen molar-refractivity contribution in [1.82, 2.24) is 25.0 Å². The Hall–Kier alpha value is -2.35. The van der Waals surface area contributed by atoms with Gasteiger partial charge in [0.2, 0.25) is 5.91 Å². The third-order valence-corrected chi connectivity index (χ3v) is 6.93. The second kappa shape index (κ2) is 11.3. The molecule has 1 aromatic heterocycles. The SMILES string of the molecule is Cc1nnc(CN(C)C(=O)c2ccccc2SCC(=O)NC2CCCCCCC2)n1C. The number of rotatable bonds is 7. The lowest BCUT2D eigenvalue weighted by Gasteiger charge is -2.21. The largest absolute Gasteiger partial charge is 0.353 e. The highest BCUT2D eigenvalue weighted by molar-refractivity contribution is 8.00. The Morgan fingerprint density at radius 2 is 1.81 bits per heavy atom. The van der Waals surface area contributed by atoms with Crippen LogP contribution in [0.4, 0.5) is 0 Å². The van der Waals surface area contributed by atoms with E-state index in [1.807, 2.05) is 42.8 Å². The molecular weight excluding hydrogens is 410 g/mol. The fourth-order valence-electron chi connectivity index (χ4n) is 3.86. The van der Waals surface area contributed by atoms with Crippen molar-refractivity contribution in [3.05, 3.63) is 41.5 Å². The molecule has 0 aliphatic heterocycles. The molecule has 168 valence electrons. The molecule has 2 amide bonds. The predicted molar refractivity (Wildman–Crippen MR) is 123 cm³/mol. The van der Waals surface area contributed by atoms with Gasteiger partial charge in [-0.05, 0) is 31.9 Å². The number of nitrogens with zero attached hydrogens (tertiary/aromatic N) is 4. The quantitative estimate of drug-likeness (QED) is 0.660. The topological polar surface area (TPSA) is 80.1 Å². The number of aryl methyl sites for hydroxylation is 1. The molecule has 7 nitrogen and oxygen atoms in total. The molecule has 0 spiro atoms. The summed E-state index contributed by atoms with van der Waals surface area (Å²) in [4.78, 5) is 28.1. The van der Waals surface area contributed by atoms with Crippen LogP contribution in [0, 0.1) is 6.92 Å². The lowest BCUT2D eigenvalue weighted by atomic mass is 9.97. The molecule has 2 aromatic rings. The summed E-state index contributed by atoms with van der Waals surface area (Å²) in [7, 11) is 3.65. The van der Waals surface area contributed by atoms with Gasteiger partial charge < -0.3 is 14.8 Å². The average Bonchev–Trinajstić information content (AvgIpc) is 3.06. The Bertz CT molecular complexity index is 890. The first-order valence-corrected chi connectivity index (χ1v) is 12.1. The standard InChI is InChI=1S/C23H33N5O2S/c1-17-25-26-21(28(17)3)15-27(2)23(30)19-13-9-10-14-20(19)31-16-22(29)24-18-11-7-5-4-6-8-12-18/h9-10,13-14,18H,4-8,11-12,15-16H2,1-3H3,(H,24,29). The van der Waals surface area contributed by atoms with E-state index in [1.165, 1.54) is 43.9 Å². The number of thioether (sulfide) groups is 1. The summed E-state index contributed by atoms with van der Waals surface area (Å²) >= 11 is 1.42. The van der Waals surface area contributed by atoms with E-state index in [-0.39, 0.29) is 17.9 Å². The van der Waals surface area contributed by atoms with Gasteiger partial charge >= 0.3 is 0 Å². The second-order valence-corrected chi connectivity index (χ2v) is 9.30. The molecule has 1 heterocycles. The molecular formula is C23H33N5O2S.